The van der Waals surface area contributed by atoms with Crippen LogP contribution in [0.4, 0.5) is 5.82 Å². The molecule has 1 fully saturated rings. The molecule has 0 bridgehead atoms. The van der Waals surface area contributed by atoms with Crippen LogP contribution in [0.1, 0.15) is 30.9 Å². The Morgan fingerprint density at radius 1 is 1.16 bits per heavy atom. The fourth-order valence-electron chi connectivity index (χ4n) is 3.22. The molecule has 1 N–H and O–H groups in total. The molecular weight excluding hydrogens is 234 g/mol. The van der Waals surface area contributed by atoms with Gasteiger partial charge in [-0.05, 0) is 32.1 Å². The van der Waals surface area contributed by atoms with Gasteiger partial charge in [0.1, 0.15) is 5.82 Å². The minimum absolute atomic E-state index is 0.618. The topological polar surface area (TPSA) is 29.9 Å². The first-order valence-corrected chi connectivity index (χ1v) is 7.23. The SMILES string of the molecule is Cc1c(-c2ccccc2)nn2c1NCCC2C1CC1. The minimum Gasteiger partial charge on any atom is -0.370 e. The van der Waals surface area contributed by atoms with Crippen molar-refractivity contribution in [1.82, 2.24) is 9.78 Å². The van der Waals surface area contributed by atoms with Crippen LogP contribution in [0.15, 0.2) is 30.3 Å². The molecule has 1 aliphatic heterocycles. The van der Waals surface area contributed by atoms with E-state index in [9.17, 15) is 0 Å². The van der Waals surface area contributed by atoms with Crippen LogP contribution < -0.4 is 5.32 Å². The van der Waals surface area contributed by atoms with Crippen molar-refractivity contribution < 1.29 is 0 Å². The van der Waals surface area contributed by atoms with E-state index in [0.717, 1.165) is 18.2 Å². The summed E-state index contributed by atoms with van der Waals surface area (Å²) in [6.07, 6.45) is 3.97. The highest BCUT2D eigenvalue weighted by Gasteiger charge is 2.36. The number of hydrogen-bond acceptors (Lipinski definition) is 2. The second-order valence-electron chi connectivity index (χ2n) is 5.75. The van der Waals surface area contributed by atoms with Gasteiger partial charge in [0, 0.05) is 17.7 Å². The van der Waals surface area contributed by atoms with E-state index in [4.69, 9.17) is 5.10 Å². The van der Waals surface area contributed by atoms with Crippen molar-refractivity contribution in [2.24, 2.45) is 5.92 Å². The average molecular weight is 253 g/mol. The second-order valence-corrected chi connectivity index (χ2v) is 5.75. The van der Waals surface area contributed by atoms with E-state index < -0.39 is 0 Å². The first kappa shape index (κ1) is 11.1. The van der Waals surface area contributed by atoms with Gasteiger partial charge >= 0.3 is 0 Å². The zero-order chi connectivity index (χ0) is 12.8. The molecule has 0 radical (unpaired) electrons. The highest BCUT2D eigenvalue weighted by Crippen LogP contribution is 2.45. The summed E-state index contributed by atoms with van der Waals surface area (Å²) >= 11 is 0. The summed E-state index contributed by atoms with van der Waals surface area (Å²) in [7, 11) is 0. The van der Waals surface area contributed by atoms with Crippen molar-refractivity contribution in [3.63, 3.8) is 0 Å². The van der Waals surface area contributed by atoms with Crippen molar-refractivity contribution >= 4 is 5.82 Å². The first-order valence-electron chi connectivity index (χ1n) is 7.23. The lowest BCUT2D eigenvalue weighted by Crippen LogP contribution is -2.25. The zero-order valence-corrected chi connectivity index (χ0v) is 11.3. The van der Waals surface area contributed by atoms with E-state index in [1.807, 2.05) is 0 Å². The standard InChI is InChI=1S/C16H19N3/c1-11-15(13-5-3-2-4-6-13)18-19-14(12-7-8-12)9-10-17-16(11)19/h2-6,12,14,17H,7-10H2,1H3. The van der Waals surface area contributed by atoms with Crippen LogP contribution in [0.3, 0.4) is 0 Å². The lowest BCUT2D eigenvalue weighted by Gasteiger charge is -2.25. The number of benzene rings is 1. The van der Waals surface area contributed by atoms with Gasteiger partial charge in [0.05, 0.1) is 11.7 Å². The van der Waals surface area contributed by atoms with E-state index in [2.05, 4.69) is 47.3 Å². The lowest BCUT2D eigenvalue weighted by atomic mass is 10.1. The predicted molar refractivity (Wildman–Crippen MR) is 77.3 cm³/mol. The molecule has 19 heavy (non-hydrogen) atoms. The van der Waals surface area contributed by atoms with E-state index in [-0.39, 0.29) is 0 Å². The summed E-state index contributed by atoms with van der Waals surface area (Å²) in [5.41, 5.74) is 3.64. The number of anilines is 1. The van der Waals surface area contributed by atoms with Gasteiger partial charge in [0.15, 0.2) is 0 Å². The maximum absolute atomic E-state index is 4.92. The van der Waals surface area contributed by atoms with Gasteiger partial charge < -0.3 is 5.32 Å². The van der Waals surface area contributed by atoms with Crippen LogP contribution in [-0.2, 0) is 0 Å². The number of nitrogens with zero attached hydrogens (tertiary/aromatic N) is 2. The summed E-state index contributed by atoms with van der Waals surface area (Å²) in [4.78, 5) is 0. The quantitative estimate of drug-likeness (QED) is 0.885. The van der Waals surface area contributed by atoms with Crippen LogP contribution in [0.2, 0.25) is 0 Å². The molecule has 1 unspecified atom stereocenters. The Kier molecular flexibility index (Phi) is 2.40. The second kappa shape index (κ2) is 4.12. The summed E-state index contributed by atoms with van der Waals surface area (Å²) in [6.45, 7) is 3.27. The van der Waals surface area contributed by atoms with Crippen LogP contribution in [0, 0.1) is 12.8 Å². The summed E-state index contributed by atoms with van der Waals surface area (Å²) in [5, 5.41) is 8.45. The van der Waals surface area contributed by atoms with Gasteiger partial charge in [0.2, 0.25) is 0 Å². The van der Waals surface area contributed by atoms with E-state index in [0.29, 0.717) is 6.04 Å². The fourth-order valence-corrected chi connectivity index (χ4v) is 3.22. The number of hydrogen-bond donors (Lipinski definition) is 1. The highest BCUT2D eigenvalue weighted by atomic mass is 15.4. The van der Waals surface area contributed by atoms with Gasteiger partial charge in [-0.25, -0.2) is 4.68 Å². The Labute approximate surface area is 113 Å². The van der Waals surface area contributed by atoms with Crippen molar-refractivity contribution in [1.29, 1.82) is 0 Å². The smallest absolute Gasteiger partial charge is 0.128 e. The Morgan fingerprint density at radius 2 is 1.95 bits per heavy atom. The molecule has 0 saturated heterocycles. The van der Waals surface area contributed by atoms with E-state index in [1.165, 1.54) is 36.2 Å². The predicted octanol–water partition coefficient (Wildman–Crippen LogP) is 3.63. The minimum atomic E-state index is 0.618. The molecule has 1 aliphatic carbocycles. The van der Waals surface area contributed by atoms with Crippen LogP contribution in [-0.4, -0.2) is 16.3 Å². The molecule has 1 aromatic heterocycles. The molecule has 1 atom stereocenters. The van der Waals surface area contributed by atoms with Crippen molar-refractivity contribution in [3.8, 4) is 11.3 Å². The molecule has 3 heteroatoms. The Bertz CT molecular complexity index is 596. The van der Waals surface area contributed by atoms with Crippen LogP contribution in [0.25, 0.3) is 11.3 Å². The first-order chi connectivity index (χ1) is 9.34. The number of aromatic nitrogens is 2. The zero-order valence-electron chi connectivity index (χ0n) is 11.3. The Hall–Kier alpha value is -1.77. The molecular formula is C16H19N3. The normalized spacial score (nSPS) is 21.8. The summed E-state index contributed by atoms with van der Waals surface area (Å²) < 4.78 is 2.26. The van der Waals surface area contributed by atoms with Gasteiger partial charge in [0.25, 0.3) is 0 Å². The third-order valence-electron chi connectivity index (χ3n) is 4.41. The number of fused-ring (bicyclic) bond motifs is 1. The monoisotopic (exact) mass is 253 g/mol. The van der Waals surface area contributed by atoms with E-state index >= 15 is 0 Å². The molecule has 4 rings (SSSR count). The molecule has 2 heterocycles. The molecule has 98 valence electrons. The number of nitrogens with one attached hydrogen (secondary N) is 1. The molecule has 2 aliphatic rings. The fraction of sp³-hybridized carbons (Fsp3) is 0.438. The molecule has 1 aromatic carbocycles. The molecule has 0 spiro atoms. The van der Waals surface area contributed by atoms with Crippen molar-refractivity contribution in [2.45, 2.75) is 32.2 Å². The molecule has 3 nitrogen and oxygen atoms in total. The van der Waals surface area contributed by atoms with Crippen molar-refractivity contribution in [2.75, 3.05) is 11.9 Å². The Balaban J connectivity index is 1.82. The van der Waals surface area contributed by atoms with Gasteiger partial charge in [-0.1, -0.05) is 30.3 Å². The highest BCUT2D eigenvalue weighted by molar-refractivity contribution is 5.69. The average Bonchev–Trinajstić information content (AvgIpc) is 3.24. The largest absolute Gasteiger partial charge is 0.370 e. The van der Waals surface area contributed by atoms with Crippen LogP contribution in [0.5, 0.6) is 0 Å². The van der Waals surface area contributed by atoms with Gasteiger partial charge in [-0.2, -0.15) is 5.10 Å². The molecule has 2 aromatic rings. The third-order valence-corrected chi connectivity index (χ3v) is 4.41. The lowest BCUT2D eigenvalue weighted by molar-refractivity contribution is 0.376. The summed E-state index contributed by atoms with van der Waals surface area (Å²) in [6, 6.07) is 11.1. The molecule has 1 saturated carbocycles. The van der Waals surface area contributed by atoms with E-state index in [1.54, 1.807) is 0 Å². The summed E-state index contributed by atoms with van der Waals surface area (Å²) in [5.74, 6) is 2.10. The Morgan fingerprint density at radius 3 is 2.68 bits per heavy atom. The number of rotatable bonds is 2. The van der Waals surface area contributed by atoms with Crippen molar-refractivity contribution in [3.05, 3.63) is 35.9 Å². The molecule has 0 amide bonds. The van der Waals surface area contributed by atoms with Gasteiger partial charge in [-0.3, -0.25) is 0 Å². The van der Waals surface area contributed by atoms with Crippen LogP contribution >= 0.6 is 0 Å². The van der Waals surface area contributed by atoms with Gasteiger partial charge in [-0.15, -0.1) is 0 Å². The maximum Gasteiger partial charge on any atom is 0.128 e. The maximum atomic E-state index is 4.92. The third kappa shape index (κ3) is 1.76.